The summed E-state index contributed by atoms with van der Waals surface area (Å²) in [5.74, 6) is 0.627. The zero-order valence-corrected chi connectivity index (χ0v) is 15.5. The van der Waals surface area contributed by atoms with Crippen molar-refractivity contribution in [1.29, 1.82) is 0 Å². The summed E-state index contributed by atoms with van der Waals surface area (Å²) in [6.07, 6.45) is 1.62. The highest BCUT2D eigenvalue weighted by Gasteiger charge is 2.16. The van der Waals surface area contributed by atoms with Crippen LogP contribution in [-0.2, 0) is 13.6 Å². The van der Waals surface area contributed by atoms with Gasteiger partial charge in [-0.3, -0.25) is 14.2 Å². The molecule has 0 bridgehead atoms. The largest absolute Gasteiger partial charge is 0.454 e. The van der Waals surface area contributed by atoms with Crippen molar-refractivity contribution >= 4 is 27.5 Å². The van der Waals surface area contributed by atoms with Gasteiger partial charge in [0.05, 0.1) is 40.0 Å². The molecule has 0 atom stereocenters. The minimum absolute atomic E-state index is 0.258. The fraction of sp³-hybridized carbons (Fsp3) is 0.312. The second kappa shape index (κ2) is 6.27. The van der Waals surface area contributed by atoms with Crippen LogP contribution in [0.4, 0.5) is 5.69 Å². The third kappa shape index (κ3) is 3.01. The van der Waals surface area contributed by atoms with Gasteiger partial charge in [-0.05, 0) is 48.8 Å². The molecule has 0 aliphatic rings. The van der Waals surface area contributed by atoms with E-state index in [9.17, 15) is 4.79 Å². The first kappa shape index (κ1) is 16.5. The Morgan fingerprint density at radius 2 is 2.04 bits per heavy atom. The summed E-state index contributed by atoms with van der Waals surface area (Å²) in [5.41, 5.74) is 3.48. The van der Waals surface area contributed by atoms with Crippen LogP contribution in [0.2, 0.25) is 0 Å². The molecule has 0 aliphatic heterocycles. The molecule has 0 radical (unpaired) electrons. The standard InChI is InChI=1S/C16H18BrN5O2/c1-9-15(17)11(3)22(20-9)8-12-5-6-14(24-12)16(23)19-13-7-18-21(4)10(13)2/h5-7H,8H2,1-4H3,(H,19,23). The van der Waals surface area contributed by atoms with E-state index in [4.69, 9.17) is 4.42 Å². The Morgan fingerprint density at radius 1 is 1.29 bits per heavy atom. The van der Waals surface area contributed by atoms with E-state index in [0.717, 1.165) is 21.6 Å². The second-order valence-electron chi connectivity index (χ2n) is 5.63. The lowest BCUT2D eigenvalue weighted by Crippen LogP contribution is -2.11. The quantitative estimate of drug-likeness (QED) is 0.740. The van der Waals surface area contributed by atoms with E-state index >= 15 is 0 Å². The van der Waals surface area contributed by atoms with Crippen molar-refractivity contribution in [2.75, 3.05) is 5.32 Å². The van der Waals surface area contributed by atoms with Crippen molar-refractivity contribution in [3.8, 4) is 0 Å². The van der Waals surface area contributed by atoms with Crippen molar-refractivity contribution in [2.45, 2.75) is 27.3 Å². The number of nitrogens with one attached hydrogen (secondary N) is 1. The van der Waals surface area contributed by atoms with E-state index in [-0.39, 0.29) is 11.7 Å². The lowest BCUT2D eigenvalue weighted by molar-refractivity contribution is 0.0994. The van der Waals surface area contributed by atoms with Crippen LogP contribution in [0.5, 0.6) is 0 Å². The third-order valence-corrected chi connectivity index (χ3v) is 5.12. The number of aromatic nitrogens is 4. The molecule has 3 rings (SSSR count). The number of anilines is 1. The molecule has 24 heavy (non-hydrogen) atoms. The molecular weight excluding hydrogens is 374 g/mol. The lowest BCUT2D eigenvalue weighted by atomic mass is 10.3. The average molecular weight is 392 g/mol. The Balaban J connectivity index is 1.74. The highest BCUT2D eigenvalue weighted by atomic mass is 79.9. The van der Waals surface area contributed by atoms with Crippen molar-refractivity contribution < 1.29 is 9.21 Å². The summed E-state index contributed by atoms with van der Waals surface area (Å²) >= 11 is 3.50. The first-order chi connectivity index (χ1) is 11.4. The summed E-state index contributed by atoms with van der Waals surface area (Å²) in [6.45, 7) is 6.27. The maximum atomic E-state index is 12.3. The monoisotopic (exact) mass is 391 g/mol. The molecule has 1 N–H and O–H groups in total. The van der Waals surface area contributed by atoms with Gasteiger partial charge in [0.25, 0.3) is 5.91 Å². The van der Waals surface area contributed by atoms with Gasteiger partial charge >= 0.3 is 0 Å². The number of carbonyl (C=O) groups excluding carboxylic acids is 1. The van der Waals surface area contributed by atoms with E-state index in [0.29, 0.717) is 18.0 Å². The minimum atomic E-state index is -0.299. The van der Waals surface area contributed by atoms with Gasteiger partial charge in [0.1, 0.15) is 5.76 Å². The van der Waals surface area contributed by atoms with Gasteiger partial charge < -0.3 is 9.73 Å². The molecule has 3 aromatic rings. The zero-order chi connectivity index (χ0) is 17.4. The zero-order valence-electron chi connectivity index (χ0n) is 13.9. The van der Waals surface area contributed by atoms with Gasteiger partial charge in [-0.1, -0.05) is 0 Å². The molecule has 0 fully saturated rings. The molecule has 0 unspecified atom stereocenters. The van der Waals surface area contributed by atoms with E-state index < -0.39 is 0 Å². The van der Waals surface area contributed by atoms with Gasteiger partial charge in [0.2, 0.25) is 0 Å². The number of nitrogens with zero attached hydrogens (tertiary/aromatic N) is 4. The number of aryl methyl sites for hydroxylation is 2. The molecule has 0 saturated carbocycles. The van der Waals surface area contributed by atoms with E-state index in [2.05, 4.69) is 31.4 Å². The smallest absolute Gasteiger partial charge is 0.291 e. The fourth-order valence-corrected chi connectivity index (χ4v) is 2.65. The number of carbonyl (C=O) groups is 1. The van der Waals surface area contributed by atoms with Crippen LogP contribution < -0.4 is 5.32 Å². The van der Waals surface area contributed by atoms with Gasteiger partial charge in [-0.15, -0.1) is 0 Å². The van der Waals surface area contributed by atoms with Gasteiger partial charge in [0.15, 0.2) is 5.76 Å². The first-order valence-electron chi connectivity index (χ1n) is 7.45. The Bertz CT molecular complexity index is 906. The van der Waals surface area contributed by atoms with Crippen molar-refractivity contribution in [2.24, 2.45) is 7.05 Å². The first-order valence-corrected chi connectivity index (χ1v) is 8.24. The molecule has 0 aromatic carbocycles. The summed E-state index contributed by atoms with van der Waals surface area (Å²) in [7, 11) is 1.82. The van der Waals surface area contributed by atoms with E-state index in [1.807, 2.05) is 32.5 Å². The second-order valence-corrected chi connectivity index (χ2v) is 6.42. The minimum Gasteiger partial charge on any atom is -0.454 e. The third-order valence-electron chi connectivity index (χ3n) is 3.97. The Labute approximate surface area is 147 Å². The number of halogens is 1. The molecule has 8 heteroatoms. The van der Waals surface area contributed by atoms with E-state index in [1.165, 1.54) is 0 Å². The lowest BCUT2D eigenvalue weighted by Gasteiger charge is -2.03. The maximum absolute atomic E-state index is 12.3. The normalized spacial score (nSPS) is 11.0. The molecule has 0 spiro atoms. The molecule has 126 valence electrons. The highest BCUT2D eigenvalue weighted by molar-refractivity contribution is 9.10. The van der Waals surface area contributed by atoms with Crippen molar-refractivity contribution in [3.63, 3.8) is 0 Å². The van der Waals surface area contributed by atoms with Crippen LogP contribution >= 0.6 is 15.9 Å². The topological polar surface area (TPSA) is 77.9 Å². The van der Waals surface area contributed by atoms with Gasteiger partial charge in [-0.2, -0.15) is 10.2 Å². The van der Waals surface area contributed by atoms with Gasteiger partial charge in [-0.25, -0.2) is 0 Å². The maximum Gasteiger partial charge on any atom is 0.291 e. The van der Waals surface area contributed by atoms with Crippen molar-refractivity contribution in [1.82, 2.24) is 19.6 Å². The predicted molar refractivity (Wildman–Crippen MR) is 93.1 cm³/mol. The van der Waals surface area contributed by atoms with Crippen LogP contribution in [0.1, 0.15) is 33.4 Å². The number of amides is 1. The Kier molecular flexibility index (Phi) is 4.31. The van der Waals surface area contributed by atoms with E-state index in [1.54, 1.807) is 23.0 Å². The fourth-order valence-electron chi connectivity index (χ4n) is 2.37. The number of hydrogen-bond acceptors (Lipinski definition) is 4. The molecule has 7 nitrogen and oxygen atoms in total. The molecule has 3 aromatic heterocycles. The van der Waals surface area contributed by atoms with Crippen LogP contribution in [0.15, 0.2) is 27.2 Å². The molecular formula is C16H18BrN5O2. The summed E-state index contributed by atoms with van der Waals surface area (Å²) in [4.78, 5) is 12.3. The number of rotatable bonds is 4. The van der Waals surface area contributed by atoms with Crippen LogP contribution in [0, 0.1) is 20.8 Å². The van der Waals surface area contributed by atoms with Crippen LogP contribution in [0.25, 0.3) is 0 Å². The van der Waals surface area contributed by atoms with Crippen LogP contribution in [0.3, 0.4) is 0 Å². The van der Waals surface area contributed by atoms with Crippen molar-refractivity contribution in [3.05, 3.63) is 51.4 Å². The summed E-state index contributed by atoms with van der Waals surface area (Å²) in [5, 5.41) is 11.3. The highest BCUT2D eigenvalue weighted by Crippen LogP contribution is 2.21. The molecule has 0 saturated heterocycles. The van der Waals surface area contributed by atoms with Gasteiger partial charge in [0, 0.05) is 7.05 Å². The Hall–Kier alpha value is -2.35. The summed E-state index contributed by atoms with van der Waals surface area (Å²) < 4.78 is 10.2. The summed E-state index contributed by atoms with van der Waals surface area (Å²) in [6, 6.07) is 3.45. The predicted octanol–water partition coefficient (Wildman–Crippen LogP) is 3.20. The molecule has 3 heterocycles. The SMILES string of the molecule is Cc1nn(Cc2ccc(C(=O)Nc3cnn(C)c3C)o2)c(C)c1Br. The van der Waals surface area contributed by atoms with Crippen LogP contribution in [-0.4, -0.2) is 25.5 Å². The average Bonchev–Trinajstić information content (AvgIpc) is 3.20. The molecule has 0 aliphatic carbocycles. The number of furan rings is 1. The molecule has 1 amide bonds. The Morgan fingerprint density at radius 3 is 2.62 bits per heavy atom. The number of hydrogen-bond donors (Lipinski definition) is 1.